The van der Waals surface area contributed by atoms with Gasteiger partial charge >= 0.3 is 0 Å². The van der Waals surface area contributed by atoms with E-state index >= 15 is 0 Å². The fourth-order valence-electron chi connectivity index (χ4n) is 10.9. The van der Waals surface area contributed by atoms with Crippen molar-refractivity contribution in [1.82, 2.24) is 0 Å². The highest BCUT2D eigenvalue weighted by Gasteiger charge is 2.52. The third-order valence-corrected chi connectivity index (χ3v) is 13.5. The summed E-state index contributed by atoms with van der Waals surface area (Å²) < 4.78 is 0. The molecule has 1 heteroatoms. The molecule has 0 saturated heterocycles. The summed E-state index contributed by atoms with van der Waals surface area (Å²) in [5.74, 6) is 0. The maximum atomic E-state index is 2.56. The van der Waals surface area contributed by atoms with Gasteiger partial charge in [-0.2, -0.15) is 0 Å². The molecule has 59 heavy (non-hydrogen) atoms. The second kappa shape index (κ2) is 12.6. The van der Waals surface area contributed by atoms with Crippen molar-refractivity contribution in [1.29, 1.82) is 0 Å². The van der Waals surface area contributed by atoms with Gasteiger partial charge in [0, 0.05) is 22.2 Å². The van der Waals surface area contributed by atoms with E-state index in [1.165, 1.54) is 94.7 Å². The number of fused-ring (bicyclic) bond motifs is 13. The maximum absolute atomic E-state index is 2.56. The van der Waals surface area contributed by atoms with Crippen LogP contribution in [0.4, 0.5) is 17.1 Å². The first kappa shape index (κ1) is 33.9. The second-order valence-corrected chi connectivity index (χ2v) is 16.8. The fourth-order valence-corrected chi connectivity index (χ4v) is 10.9. The van der Waals surface area contributed by atoms with Crippen molar-refractivity contribution in [2.24, 2.45) is 0 Å². The van der Waals surface area contributed by atoms with E-state index in [-0.39, 0.29) is 5.41 Å². The molecule has 0 bridgehead atoms. The van der Waals surface area contributed by atoms with Gasteiger partial charge in [-0.25, -0.2) is 0 Å². The van der Waals surface area contributed by atoms with Gasteiger partial charge in [0.05, 0.1) is 16.8 Å². The summed E-state index contributed by atoms with van der Waals surface area (Å²) in [5, 5.41) is 0. The van der Waals surface area contributed by atoms with E-state index < -0.39 is 5.41 Å². The summed E-state index contributed by atoms with van der Waals surface area (Å²) in [4.78, 5) is 2.56. The van der Waals surface area contributed by atoms with E-state index in [2.05, 4.69) is 231 Å². The first-order valence-electron chi connectivity index (χ1n) is 20.8. The van der Waals surface area contributed by atoms with Crippen LogP contribution in [0.3, 0.4) is 0 Å². The van der Waals surface area contributed by atoms with Gasteiger partial charge in [-0.3, -0.25) is 0 Å². The molecular formula is C58H41N. The number of para-hydroxylation sites is 1. The topological polar surface area (TPSA) is 3.24 Å². The van der Waals surface area contributed by atoms with Gasteiger partial charge in [-0.1, -0.05) is 196 Å². The lowest BCUT2D eigenvalue weighted by Gasteiger charge is -2.33. The predicted octanol–water partition coefficient (Wildman–Crippen LogP) is 15.1. The number of hydrogen-bond donors (Lipinski definition) is 0. The normalized spacial score (nSPS) is 14.2. The molecule has 3 aliphatic rings. The fraction of sp³-hybridized carbons (Fsp3) is 0.0690. The minimum Gasteiger partial charge on any atom is -0.309 e. The van der Waals surface area contributed by atoms with Crippen LogP contribution in [0.15, 0.2) is 212 Å². The zero-order chi connectivity index (χ0) is 39.3. The highest BCUT2D eigenvalue weighted by Crippen LogP contribution is 2.65. The summed E-state index contributed by atoms with van der Waals surface area (Å²) in [6.07, 6.45) is 0. The SMILES string of the molecule is CC1(C)c2ccccc2-c2ccc(N(c3ccccc3-c3ccccc3)c3cccc4c3-c3ccc(-c5ccccc5)cc3C43c4ccccc4-c4ccccc43)cc21. The Bertz CT molecular complexity index is 3090. The first-order valence-corrected chi connectivity index (χ1v) is 20.8. The Labute approximate surface area is 346 Å². The Balaban J connectivity index is 1.18. The van der Waals surface area contributed by atoms with Crippen LogP contribution in [0.5, 0.6) is 0 Å². The van der Waals surface area contributed by atoms with Gasteiger partial charge in [-0.05, 0) is 108 Å². The second-order valence-electron chi connectivity index (χ2n) is 16.8. The zero-order valence-corrected chi connectivity index (χ0v) is 33.2. The average Bonchev–Trinajstić information content (AvgIpc) is 3.86. The van der Waals surface area contributed by atoms with Crippen LogP contribution < -0.4 is 4.90 Å². The van der Waals surface area contributed by atoms with Crippen LogP contribution in [0.1, 0.15) is 47.2 Å². The molecule has 9 aromatic rings. The minimum absolute atomic E-state index is 0.146. The Hall–Kier alpha value is -7.22. The molecule has 0 aliphatic heterocycles. The molecule has 0 aromatic heterocycles. The van der Waals surface area contributed by atoms with Crippen LogP contribution in [0, 0.1) is 0 Å². The van der Waals surface area contributed by atoms with E-state index in [1.807, 2.05) is 0 Å². The van der Waals surface area contributed by atoms with E-state index in [0.29, 0.717) is 0 Å². The van der Waals surface area contributed by atoms with Crippen molar-refractivity contribution in [3.63, 3.8) is 0 Å². The summed E-state index contributed by atoms with van der Waals surface area (Å²) in [6.45, 7) is 4.76. The van der Waals surface area contributed by atoms with Crippen molar-refractivity contribution < 1.29 is 0 Å². The summed E-state index contributed by atoms with van der Waals surface area (Å²) in [6, 6.07) is 79.3. The van der Waals surface area contributed by atoms with Crippen molar-refractivity contribution >= 4 is 17.1 Å². The number of rotatable bonds is 5. The van der Waals surface area contributed by atoms with E-state index in [9.17, 15) is 0 Å². The van der Waals surface area contributed by atoms with Crippen molar-refractivity contribution in [2.75, 3.05) is 4.90 Å². The van der Waals surface area contributed by atoms with E-state index in [1.54, 1.807) is 0 Å². The van der Waals surface area contributed by atoms with Gasteiger partial charge in [-0.15, -0.1) is 0 Å². The Morgan fingerprint density at radius 2 is 0.814 bits per heavy atom. The molecular weight excluding hydrogens is 711 g/mol. The number of anilines is 3. The molecule has 0 fully saturated rings. The molecule has 9 aromatic carbocycles. The largest absolute Gasteiger partial charge is 0.309 e. The van der Waals surface area contributed by atoms with Gasteiger partial charge in [0.2, 0.25) is 0 Å². The Kier molecular flexibility index (Phi) is 7.26. The number of hydrogen-bond acceptors (Lipinski definition) is 1. The monoisotopic (exact) mass is 751 g/mol. The Morgan fingerprint density at radius 3 is 1.51 bits per heavy atom. The van der Waals surface area contributed by atoms with Gasteiger partial charge < -0.3 is 4.90 Å². The molecule has 0 atom stereocenters. The van der Waals surface area contributed by atoms with Crippen LogP contribution in [0.2, 0.25) is 0 Å². The molecule has 0 amide bonds. The first-order chi connectivity index (χ1) is 29.0. The molecule has 0 heterocycles. The molecule has 12 rings (SSSR count). The van der Waals surface area contributed by atoms with Crippen molar-refractivity contribution in [3.05, 3.63) is 246 Å². The summed E-state index contributed by atoms with van der Waals surface area (Å²) in [7, 11) is 0. The summed E-state index contributed by atoms with van der Waals surface area (Å²) >= 11 is 0. The smallest absolute Gasteiger partial charge is 0.0726 e. The molecule has 3 aliphatic carbocycles. The molecule has 0 saturated carbocycles. The minimum atomic E-state index is -0.495. The van der Waals surface area contributed by atoms with Crippen molar-refractivity contribution in [3.8, 4) is 55.6 Å². The molecule has 1 nitrogen and oxygen atoms in total. The predicted molar refractivity (Wildman–Crippen MR) is 246 cm³/mol. The van der Waals surface area contributed by atoms with Crippen molar-refractivity contribution in [2.45, 2.75) is 24.7 Å². The van der Waals surface area contributed by atoms with Gasteiger partial charge in [0.1, 0.15) is 0 Å². The van der Waals surface area contributed by atoms with E-state index in [0.717, 1.165) is 11.4 Å². The van der Waals surface area contributed by atoms with E-state index in [4.69, 9.17) is 0 Å². The van der Waals surface area contributed by atoms with Crippen LogP contribution >= 0.6 is 0 Å². The molecule has 278 valence electrons. The lowest BCUT2D eigenvalue weighted by Crippen LogP contribution is -2.26. The molecule has 1 spiro atoms. The lowest BCUT2D eigenvalue weighted by atomic mass is 9.70. The number of benzene rings is 9. The summed E-state index contributed by atoms with van der Waals surface area (Å²) in [5.41, 5.74) is 23.6. The molecule has 0 N–H and O–H groups in total. The third kappa shape index (κ3) is 4.67. The van der Waals surface area contributed by atoms with Gasteiger partial charge in [0.25, 0.3) is 0 Å². The highest BCUT2D eigenvalue weighted by molar-refractivity contribution is 6.03. The maximum Gasteiger partial charge on any atom is 0.0726 e. The zero-order valence-electron chi connectivity index (χ0n) is 33.2. The average molecular weight is 752 g/mol. The third-order valence-electron chi connectivity index (χ3n) is 13.5. The standard InChI is InChI=1S/C58H41N/c1-57(2)48-26-13-9-23-43(48)46-35-33-41(37-52(46)57)59(54-30-16-12-22-42(54)39-20-7-4-8-21-39)55-31-17-29-51-56(55)47-34-32-40(38-18-5-3-6-19-38)36-53(47)58(51)49-27-14-10-24-44(49)45-25-11-15-28-50(45)58/h3-37H,1-2H3. The van der Waals surface area contributed by atoms with Crippen LogP contribution in [-0.2, 0) is 10.8 Å². The molecule has 0 unspecified atom stereocenters. The van der Waals surface area contributed by atoms with Crippen LogP contribution in [-0.4, -0.2) is 0 Å². The highest BCUT2D eigenvalue weighted by atomic mass is 15.1. The number of nitrogens with zero attached hydrogens (tertiary/aromatic N) is 1. The lowest BCUT2D eigenvalue weighted by molar-refractivity contribution is 0.660. The van der Waals surface area contributed by atoms with Crippen LogP contribution in [0.25, 0.3) is 55.6 Å². The Morgan fingerprint density at radius 1 is 0.305 bits per heavy atom. The van der Waals surface area contributed by atoms with Gasteiger partial charge in [0.15, 0.2) is 0 Å². The molecule has 0 radical (unpaired) electrons. The quantitative estimate of drug-likeness (QED) is 0.169.